The summed E-state index contributed by atoms with van der Waals surface area (Å²) in [4.78, 5) is 5.29. The molecule has 2 nitrogen and oxygen atoms in total. The molecule has 1 unspecified atom stereocenters. The zero-order valence-corrected chi connectivity index (χ0v) is 29.9. The Labute approximate surface area is 273 Å². The average Bonchev–Trinajstić information content (AvgIpc) is 2.96. The van der Waals surface area contributed by atoms with Gasteiger partial charge >= 0.3 is 0 Å². The summed E-state index contributed by atoms with van der Waals surface area (Å²) in [6.45, 7) is 11.3. The van der Waals surface area contributed by atoms with Gasteiger partial charge in [0.05, 0.1) is 0 Å². The molecule has 0 saturated heterocycles. The second kappa shape index (κ2) is 16.0. The van der Waals surface area contributed by atoms with E-state index in [2.05, 4.69) is 132 Å². The van der Waals surface area contributed by atoms with Crippen LogP contribution in [-0.4, -0.2) is 4.98 Å². The molecule has 3 heteroatoms. The largest absolute Gasteiger partial charge is 0.673 e. The fourth-order valence-electron chi connectivity index (χ4n) is 5.53. The summed E-state index contributed by atoms with van der Waals surface area (Å²) in [6, 6.07) is 37.6. The monoisotopic (exact) mass is 720 g/mol. The minimum Gasteiger partial charge on any atom is -0.673 e. The molecule has 0 saturated carbocycles. The van der Waals surface area contributed by atoms with Crippen LogP contribution in [0.1, 0.15) is 86.9 Å². The fourth-order valence-corrected chi connectivity index (χ4v) is 5.53. The third-order valence-electron chi connectivity index (χ3n) is 7.49. The zero-order valence-electron chi connectivity index (χ0n) is 26.3. The van der Waals surface area contributed by atoms with Gasteiger partial charge in [0, 0.05) is 31.5 Å². The number of nitrogens with zero attached hydrogens (tertiary/aromatic N) is 2. The van der Waals surface area contributed by atoms with Crippen LogP contribution in [0.3, 0.4) is 0 Å². The maximum Gasteiger partial charge on any atom is 0.0195 e. The molecule has 0 aliphatic heterocycles. The molecule has 0 N–H and O–H groups in total. The van der Waals surface area contributed by atoms with Crippen LogP contribution in [0.15, 0.2) is 97.1 Å². The molecule has 5 aromatic rings. The maximum absolute atomic E-state index is 5.61. The number of para-hydroxylation sites is 1. The summed E-state index contributed by atoms with van der Waals surface area (Å²) in [7, 11) is 0. The van der Waals surface area contributed by atoms with Crippen LogP contribution in [0.5, 0.6) is 0 Å². The molecule has 1 heterocycles. The van der Waals surface area contributed by atoms with E-state index in [4.69, 9.17) is 10.3 Å². The van der Waals surface area contributed by atoms with Gasteiger partial charge in [0.15, 0.2) is 0 Å². The van der Waals surface area contributed by atoms with Crippen LogP contribution in [-0.2, 0) is 32.3 Å². The molecule has 1 atom stereocenters. The number of rotatable bonds is 9. The first-order valence-corrected chi connectivity index (χ1v) is 14.3. The van der Waals surface area contributed by atoms with Crippen molar-refractivity contribution < 1.29 is 25.8 Å². The summed E-state index contributed by atoms with van der Waals surface area (Å²) in [5.41, 5.74) is 9.19. The van der Waals surface area contributed by atoms with Gasteiger partial charge in [0.1, 0.15) is 0 Å². The van der Waals surface area contributed by atoms with Gasteiger partial charge in [-0.15, -0.1) is 34.8 Å². The van der Waals surface area contributed by atoms with E-state index in [0.717, 1.165) is 40.9 Å². The predicted octanol–water partition coefficient (Wildman–Crippen LogP) is 11.6. The van der Waals surface area contributed by atoms with E-state index < -0.39 is 0 Å². The van der Waals surface area contributed by atoms with Crippen molar-refractivity contribution in [3.63, 3.8) is 0 Å². The van der Waals surface area contributed by atoms with Crippen molar-refractivity contribution in [3.05, 3.63) is 151 Å². The smallest absolute Gasteiger partial charge is 0.0195 e. The molecule has 0 spiro atoms. The Hall–Kier alpha value is -3.04. The molecular weight excluding hydrogens is 675 g/mol. The van der Waals surface area contributed by atoms with Crippen LogP contribution in [0.2, 0.25) is 0 Å². The molecule has 5 rings (SSSR count). The maximum atomic E-state index is 5.61. The van der Waals surface area contributed by atoms with Gasteiger partial charge in [-0.05, 0) is 41.6 Å². The van der Waals surface area contributed by atoms with Gasteiger partial charge in [-0.25, -0.2) is 0 Å². The first-order valence-electron chi connectivity index (χ1n) is 14.3. The van der Waals surface area contributed by atoms with E-state index in [9.17, 15) is 0 Å². The Bertz CT molecular complexity index is 1570. The second-order valence-electron chi connectivity index (χ2n) is 11.0. The number of pyridine rings is 1. The van der Waals surface area contributed by atoms with Crippen molar-refractivity contribution >= 4 is 16.5 Å². The molecule has 0 aliphatic carbocycles. The Morgan fingerprint density at radius 2 is 1.36 bits per heavy atom. The SMILES string of the molecule is CCCc1cccc(C(C)C)c1[N-]C(c1cccc(-c2[c-]ccc3ccccc23)n1)c1ccccc1C(C)C.[CH3-].[CH3-].[Hf]. The van der Waals surface area contributed by atoms with Gasteiger partial charge in [-0.3, -0.25) is 0 Å². The molecule has 218 valence electrons. The standard InChI is InChI=1S/C37H38N2.2CH3.Hf/c1-6-14-28-17-12-21-30(26(4)5)36(28)39-37(33-20-10-9-18-29(33)25(2)3)35-24-13-23-34(38-35)32-22-11-16-27-15-7-8-19-31(27)32;;;/h7-13,15-21,23-26,37H,6,14H2,1-5H3;2*1H3;/q-2;2*-1;. The molecule has 0 bridgehead atoms. The summed E-state index contributed by atoms with van der Waals surface area (Å²) in [5, 5.41) is 7.96. The van der Waals surface area contributed by atoms with Crippen molar-refractivity contribution in [1.29, 1.82) is 0 Å². The molecule has 1 aromatic heterocycles. The Balaban J connectivity index is 0.00000205. The predicted molar refractivity (Wildman–Crippen MR) is 179 cm³/mol. The van der Waals surface area contributed by atoms with Gasteiger partial charge in [0.2, 0.25) is 0 Å². The van der Waals surface area contributed by atoms with Gasteiger partial charge in [-0.2, -0.15) is 0 Å². The van der Waals surface area contributed by atoms with Crippen LogP contribution in [0.25, 0.3) is 27.3 Å². The van der Waals surface area contributed by atoms with E-state index in [1.54, 1.807) is 0 Å². The zero-order chi connectivity index (χ0) is 27.4. The minimum absolute atomic E-state index is 0. The van der Waals surface area contributed by atoms with E-state index in [1.165, 1.54) is 27.6 Å². The Kier molecular flexibility index (Phi) is 13.4. The van der Waals surface area contributed by atoms with Crippen molar-refractivity contribution in [2.45, 2.75) is 65.3 Å². The van der Waals surface area contributed by atoms with Crippen LogP contribution in [0, 0.1) is 20.9 Å². The minimum atomic E-state index is -0.214. The molecule has 42 heavy (non-hydrogen) atoms. The van der Waals surface area contributed by atoms with Crippen LogP contribution < -0.4 is 0 Å². The third kappa shape index (κ3) is 7.48. The molecule has 0 amide bonds. The van der Waals surface area contributed by atoms with Gasteiger partial charge < -0.3 is 25.2 Å². The summed E-state index contributed by atoms with van der Waals surface area (Å²) in [6.07, 6.45) is 2.10. The van der Waals surface area contributed by atoms with Crippen LogP contribution >= 0.6 is 0 Å². The summed E-state index contributed by atoms with van der Waals surface area (Å²) < 4.78 is 0. The van der Waals surface area contributed by atoms with Crippen molar-refractivity contribution in [3.8, 4) is 11.3 Å². The number of aryl methyl sites for hydroxylation is 1. The normalized spacial score (nSPS) is 11.4. The third-order valence-corrected chi connectivity index (χ3v) is 7.49. The second-order valence-corrected chi connectivity index (χ2v) is 11.0. The first-order chi connectivity index (χ1) is 19.0. The quantitative estimate of drug-likeness (QED) is 0.110. The molecule has 4 aromatic carbocycles. The molecular formula is C39H44HfN2-4. The number of aromatic nitrogens is 1. The number of benzene rings is 4. The number of fused-ring (bicyclic) bond motifs is 1. The van der Waals surface area contributed by atoms with Crippen molar-refractivity contribution in [2.75, 3.05) is 0 Å². The van der Waals surface area contributed by atoms with Gasteiger partial charge in [-0.1, -0.05) is 142 Å². The molecule has 0 radical (unpaired) electrons. The van der Waals surface area contributed by atoms with E-state index in [1.807, 2.05) is 6.07 Å². The molecule has 0 fully saturated rings. The van der Waals surface area contributed by atoms with E-state index in [0.29, 0.717) is 11.8 Å². The average molecular weight is 719 g/mol. The molecule has 0 aliphatic rings. The van der Waals surface area contributed by atoms with Gasteiger partial charge in [0.25, 0.3) is 0 Å². The summed E-state index contributed by atoms with van der Waals surface area (Å²) in [5.74, 6) is 0.759. The number of hydrogen-bond donors (Lipinski definition) is 0. The Morgan fingerprint density at radius 1 is 0.714 bits per heavy atom. The van der Waals surface area contributed by atoms with Crippen molar-refractivity contribution in [1.82, 2.24) is 4.98 Å². The van der Waals surface area contributed by atoms with E-state index >= 15 is 0 Å². The number of hydrogen-bond acceptors (Lipinski definition) is 1. The Morgan fingerprint density at radius 3 is 2.07 bits per heavy atom. The van der Waals surface area contributed by atoms with Crippen molar-refractivity contribution in [2.24, 2.45) is 0 Å². The van der Waals surface area contributed by atoms with E-state index in [-0.39, 0.29) is 46.7 Å². The topological polar surface area (TPSA) is 27.0 Å². The fraction of sp³-hybridized carbons (Fsp3) is 0.256. The summed E-state index contributed by atoms with van der Waals surface area (Å²) >= 11 is 0. The van der Waals surface area contributed by atoms with Crippen LogP contribution in [0.4, 0.5) is 5.69 Å². The first kappa shape index (κ1) is 35.2.